The smallest absolute Gasteiger partial charge is 0.303 e. The minimum absolute atomic E-state index is 0.332. The van der Waals surface area contributed by atoms with Crippen LogP contribution in [0.2, 0.25) is 0 Å². The number of aryl methyl sites for hydroxylation is 2. The minimum Gasteiger partial charge on any atom is -0.481 e. The van der Waals surface area contributed by atoms with Gasteiger partial charge in [0.2, 0.25) is 0 Å². The fourth-order valence-corrected chi connectivity index (χ4v) is 4.82. The highest BCUT2D eigenvalue weighted by Crippen LogP contribution is 2.22. The molecule has 0 atom stereocenters. The Balaban J connectivity index is 0.000000362. The lowest BCUT2D eigenvalue weighted by molar-refractivity contribution is -0.137. The van der Waals surface area contributed by atoms with E-state index in [9.17, 15) is 4.79 Å². The van der Waals surface area contributed by atoms with Crippen molar-refractivity contribution >= 4 is 28.6 Å². The van der Waals surface area contributed by atoms with Crippen molar-refractivity contribution in [2.75, 3.05) is 17.6 Å². The molecule has 1 aromatic carbocycles. The average molecular weight is 503 g/mol. The summed E-state index contributed by atoms with van der Waals surface area (Å²) >= 11 is 1.81. The zero-order valence-corrected chi connectivity index (χ0v) is 23.4. The van der Waals surface area contributed by atoms with Crippen molar-refractivity contribution in [1.29, 1.82) is 0 Å². The predicted molar refractivity (Wildman–Crippen MR) is 156 cm³/mol. The van der Waals surface area contributed by atoms with Gasteiger partial charge in [-0.15, -0.1) is 0 Å². The molecule has 0 amide bonds. The maximum Gasteiger partial charge on any atom is 0.303 e. The molecule has 0 aliphatic carbocycles. The zero-order chi connectivity index (χ0) is 25.6. The van der Waals surface area contributed by atoms with E-state index >= 15 is 0 Å². The lowest BCUT2D eigenvalue weighted by Gasteiger charge is -2.16. The number of aliphatic imine (C=N–C) groups is 1. The van der Waals surface area contributed by atoms with E-state index < -0.39 is 5.97 Å². The van der Waals surface area contributed by atoms with E-state index in [0.717, 1.165) is 24.6 Å². The molecule has 1 aliphatic rings. The summed E-state index contributed by atoms with van der Waals surface area (Å²) in [7, 11) is 0. The van der Waals surface area contributed by atoms with Crippen molar-refractivity contribution in [3.8, 4) is 0 Å². The Hall–Kier alpha value is -1.75. The number of benzene rings is 1. The molecule has 5 heteroatoms. The number of rotatable bonds is 16. The van der Waals surface area contributed by atoms with E-state index in [1.807, 2.05) is 11.8 Å². The van der Waals surface area contributed by atoms with Crippen LogP contribution < -0.4 is 5.32 Å². The Labute approximate surface area is 219 Å². The summed E-state index contributed by atoms with van der Waals surface area (Å²) in [6.07, 6.45) is 22.4. The van der Waals surface area contributed by atoms with Crippen LogP contribution in [-0.4, -0.2) is 28.5 Å². The summed E-state index contributed by atoms with van der Waals surface area (Å²) < 4.78 is 0. The molecule has 0 bridgehead atoms. The molecule has 0 fully saturated rings. The molecule has 2 rings (SSSR count). The number of amidine groups is 1. The molecule has 0 radical (unpaired) electrons. The highest BCUT2D eigenvalue weighted by Gasteiger charge is 2.08. The van der Waals surface area contributed by atoms with Crippen LogP contribution in [0, 0.1) is 13.8 Å². The second-order valence-corrected chi connectivity index (χ2v) is 10.6. The molecule has 35 heavy (non-hydrogen) atoms. The molecule has 0 aromatic heterocycles. The molecule has 2 N–H and O–H groups in total. The summed E-state index contributed by atoms with van der Waals surface area (Å²) in [5.41, 5.74) is 3.78. The number of nitrogens with zero attached hydrogens (tertiary/aromatic N) is 1. The number of carboxylic acids is 1. The summed E-state index contributed by atoms with van der Waals surface area (Å²) in [5.74, 6) is 0.513. The van der Waals surface area contributed by atoms with Gasteiger partial charge in [-0.05, 0) is 63.5 Å². The first-order chi connectivity index (χ1) is 17.0. The van der Waals surface area contributed by atoms with Crippen LogP contribution >= 0.6 is 11.8 Å². The number of aliphatic carboxylic acids is 1. The van der Waals surface area contributed by atoms with E-state index in [-0.39, 0.29) is 0 Å². The molecule has 0 saturated heterocycles. The maximum absolute atomic E-state index is 10.3. The third-order valence-electron chi connectivity index (χ3n) is 6.16. The molecule has 1 aliphatic heterocycles. The Morgan fingerprint density at radius 3 is 2.06 bits per heavy atom. The topological polar surface area (TPSA) is 61.7 Å². The Bertz CT molecular complexity index is 726. The number of unbranched alkanes of at least 4 members (excludes halogenated alkanes) is 11. The number of carbonyl (C=O) groups is 1. The Kier molecular flexibility index (Phi) is 19.2. The van der Waals surface area contributed by atoms with Crippen LogP contribution in [0.25, 0.3) is 0 Å². The van der Waals surface area contributed by atoms with Crippen LogP contribution in [0.1, 0.15) is 114 Å². The van der Waals surface area contributed by atoms with Gasteiger partial charge in [0.05, 0.1) is 0 Å². The molecule has 1 aromatic rings. The van der Waals surface area contributed by atoms with Crippen molar-refractivity contribution in [2.45, 2.75) is 117 Å². The molecule has 0 spiro atoms. The second kappa shape index (κ2) is 21.5. The fourth-order valence-electron chi connectivity index (χ4n) is 4.00. The Morgan fingerprint density at radius 2 is 1.51 bits per heavy atom. The highest BCUT2D eigenvalue weighted by atomic mass is 32.2. The van der Waals surface area contributed by atoms with Gasteiger partial charge in [-0.3, -0.25) is 9.79 Å². The average Bonchev–Trinajstić information content (AvgIpc) is 2.85. The third-order valence-corrected chi connectivity index (χ3v) is 7.16. The van der Waals surface area contributed by atoms with Gasteiger partial charge in [-0.25, -0.2) is 0 Å². The van der Waals surface area contributed by atoms with Crippen molar-refractivity contribution in [3.63, 3.8) is 0 Å². The van der Waals surface area contributed by atoms with E-state index in [2.05, 4.69) is 61.4 Å². The summed E-state index contributed by atoms with van der Waals surface area (Å²) in [4.78, 5) is 14.8. The number of carboxylic acid groups (broad SMARTS) is 1. The fraction of sp³-hybridized carbons (Fsp3) is 0.667. The summed E-state index contributed by atoms with van der Waals surface area (Å²) in [5, 5.41) is 13.0. The number of allylic oxidation sites excluding steroid dienone is 2. The van der Waals surface area contributed by atoms with Crippen LogP contribution in [0.4, 0.5) is 5.69 Å². The van der Waals surface area contributed by atoms with Gasteiger partial charge < -0.3 is 10.4 Å². The molecular formula is C30H50N2O2S. The number of para-hydroxylation sites is 1. The highest BCUT2D eigenvalue weighted by molar-refractivity contribution is 8.14. The maximum atomic E-state index is 10.3. The monoisotopic (exact) mass is 502 g/mol. The normalized spacial score (nSPS) is 13.3. The first kappa shape index (κ1) is 31.3. The van der Waals surface area contributed by atoms with E-state index in [4.69, 9.17) is 5.11 Å². The second-order valence-electron chi connectivity index (χ2n) is 9.51. The molecule has 198 valence electrons. The minimum atomic E-state index is -0.664. The molecular weight excluding hydrogens is 452 g/mol. The molecule has 0 unspecified atom stereocenters. The lowest BCUT2D eigenvalue weighted by Crippen LogP contribution is -2.14. The van der Waals surface area contributed by atoms with Gasteiger partial charge >= 0.3 is 5.97 Å². The van der Waals surface area contributed by atoms with Crippen LogP contribution in [-0.2, 0) is 4.79 Å². The molecule has 1 heterocycles. The lowest BCUT2D eigenvalue weighted by atomic mass is 10.1. The molecule has 0 saturated carbocycles. The third kappa shape index (κ3) is 17.3. The van der Waals surface area contributed by atoms with Crippen molar-refractivity contribution in [1.82, 2.24) is 0 Å². The number of hydrogen-bond donors (Lipinski definition) is 2. The quantitative estimate of drug-likeness (QED) is 0.175. The van der Waals surface area contributed by atoms with Crippen molar-refractivity contribution in [2.24, 2.45) is 4.99 Å². The number of anilines is 1. The molecule has 4 nitrogen and oxygen atoms in total. The van der Waals surface area contributed by atoms with Crippen molar-refractivity contribution in [3.05, 3.63) is 41.5 Å². The van der Waals surface area contributed by atoms with Gasteiger partial charge in [-0.1, -0.05) is 100 Å². The first-order valence-corrected chi connectivity index (χ1v) is 14.9. The van der Waals surface area contributed by atoms with E-state index in [1.54, 1.807) is 0 Å². The number of nitrogens with one attached hydrogen (secondary N) is 1. The van der Waals surface area contributed by atoms with Gasteiger partial charge in [0.1, 0.15) is 0 Å². The van der Waals surface area contributed by atoms with Crippen molar-refractivity contribution < 1.29 is 9.90 Å². The number of thioether (sulfide) groups is 1. The standard InChI is InChI=1S/C18H34O2.C12H16N2S/c1-2-3-4-5-6-7-8-9-10-11-12-13-14-15-16-17-18(19)20;1-9-5-3-6-10(2)11(9)14-12-13-7-4-8-15-12/h9-10H,2-8,11-17H2,1H3,(H,19,20);3,5-6H,4,7-8H2,1-2H3,(H,13,14)/b10-9-;. The Morgan fingerprint density at radius 1 is 0.943 bits per heavy atom. The van der Waals surface area contributed by atoms with Gasteiger partial charge in [0.15, 0.2) is 5.17 Å². The van der Waals surface area contributed by atoms with E-state index in [0.29, 0.717) is 6.42 Å². The van der Waals surface area contributed by atoms with Crippen LogP contribution in [0.5, 0.6) is 0 Å². The van der Waals surface area contributed by atoms with Gasteiger partial charge in [0.25, 0.3) is 0 Å². The first-order valence-electron chi connectivity index (χ1n) is 13.9. The van der Waals surface area contributed by atoms with Crippen LogP contribution in [0.3, 0.4) is 0 Å². The van der Waals surface area contributed by atoms with Crippen LogP contribution in [0.15, 0.2) is 35.3 Å². The van der Waals surface area contributed by atoms with E-state index in [1.165, 1.54) is 99.6 Å². The largest absolute Gasteiger partial charge is 0.481 e. The predicted octanol–water partition coefficient (Wildman–Crippen LogP) is 9.32. The zero-order valence-electron chi connectivity index (χ0n) is 22.6. The summed E-state index contributed by atoms with van der Waals surface area (Å²) in [6, 6.07) is 6.35. The number of hydrogen-bond acceptors (Lipinski definition) is 4. The SMILES string of the molecule is CCCCCCCC/C=C\CCCCCCCC(=O)O.Cc1cccc(C)c1NC1=NCCCS1. The summed E-state index contributed by atoms with van der Waals surface area (Å²) in [6.45, 7) is 7.47. The van der Waals surface area contributed by atoms with Gasteiger partial charge in [0, 0.05) is 24.4 Å². The van der Waals surface area contributed by atoms with Gasteiger partial charge in [-0.2, -0.15) is 0 Å².